The molecule has 1 aliphatic rings. The third-order valence-corrected chi connectivity index (χ3v) is 5.67. The number of benzene rings is 2. The van der Waals surface area contributed by atoms with E-state index in [1.807, 2.05) is 30.3 Å². The van der Waals surface area contributed by atoms with Crippen LogP contribution in [0.25, 0.3) is 0 Å². The lowest BCUT2D eigenvalue weighted by atomic mass is 10.2. The summed E-state index contributed by atoms with van der Waals surface area (Å²) in [5.41, 5.74) is 2.48. The summed E-state index contributed by atoms with van der Waals surface area (Å²) < 4.78 is 5.81. The highest BCUT2D eigenvalue weighted by atomic mass is 35.5. The molecule has 0 aromatic heterocycles. The molecular formula is C21H25ClN2O2S. The van der Waals surface area contributed by atoms with Crippen LogP contribution in [-0.2, 0) is 21.8 Å². The first-order valence-electron chi connectivity index (χ1n) is 9.16. The third kappa shape index (κ3) is 7.18. The van der Waals surface area contributed by atoms with Crippen molar-refractivity contribution in [2.75, 3.05) is 32.0 Å². The Morgan fingerprint density at radius 1 is 1.15 bits per heavy atom. The summed E-state index contributed by atoms with van der Waals surface area (Å²) in [5.74, 6) is 1.30. The Kier molecular flexibility index (Phi) is 8.02. The largest absolute Gasteiger partial charge is 0.374 e. The number of thioether (sulfide) groups is 1. The third-order valence-electron chi connectivity index (χ3n) is 4.41. The number of amides is 1. The minimum Gasteiger partial charge on any atom is -0.374 e. The second kappa shape index (κ2) is 10.7. The van der Waals surface area contributed by atoms with Crippen LogP contribution in [0.1, 0.15) is 11.1 Å². The van der Waals surface area contributed by atoms with Crippen LogP contribution in [0.3, 0.4) is 0 Å². The Morgan fingerprint density at radius 2 is 1.93 bits per heavy atom. The predicted octanol–water partition coefficient (Wildman–Crippen LogP) is 3.59. The van der Waals surface area contributed by atoms with Gasteiger partial charge in [0.15, 0.2) is 0 Å². The predicted molar refractivity (Wildman–Crippen MR) is 112 cm³/mol. The first kappa shape index (κ1) is 20.2. The highest BCUT2D eigenvalue weighted by Crippen LogP contribution is 2.15. The molecule has 0 radical (unpaired) electrons. The van der Waals surface area contributed by atoms with Crippen LogP contribution < -0.4 is 5.32 Å². The molecule has 0 bridgehead atoms. The van der Waals surface area contributed by atoms with E-state index in [0.29, 0.717) is 18.9 Å². The SMILES string of the molecule is O=C(CSCc1ccc(Cl)cc1)NCC1CN(Cc2ccccc2)CCO1. The van der Waals surface area contributed by atoms with Gasteiger partial charge < -0.3 is 10.1 Å². The van der Waals surface area contributed by atoms with Gasteiger partial charge in [-0.3, -0.25) is 9.69 Å². The fourth-order valence-electron chi connectivity index (χ4n) is 3.01. The summed E-state index contributed by atoms with van der Waals surface area (Å²) in [6.45, 7) is 3.96. The first-order valence-corrected chi connectivity index (χ1v) is 10.7. The fourth-order valence-corrected chi connectivity index (χ4v) is 3.95. The van der Waals surface area contributed by atoms with Crippen molar-refractivity contribution < 1.29 is 9.53 Å². The summed E-state index contributed by atoms with van der Waals surface area (Å²) in [7, 11) is 0. The Labute approximate surface area is 170 Å². The van der Waals surface area contributed by atoms with E-state index in [2.05, 4.69) is 34.5 Å². The van der Waals surface area contributed by atoms with Crippen molar-refractivity contribution in [3.63, 3.8) is 0 Å². The van der Waals surface area contributed by atoms with Crippen LogP contribution in [0.4, 0.5) is 0 Å². The summed E-state index contributed by atoms with van der Waals surface area (Å²) >= 11 is 7.48. The van der Waals surface area contributed by atoms with Crippen LogP contribution in [-0.4, -0.2) is 48.9 Å². The molecule has 2 aromatic carbocycles. The van der Waals surface area contributed by atoms with E-state index in [-0.39, 0.29) is 12.0 Å². The topological polar surface area (TPSA) is 41.6 Å². The minimum atomic E-state index is 0.0488. The number of rotatable bonds is 8. The molecule has 2 aromatic rings. The number of ether oxygens (including phenoxy) is 1. The molecule has 144 valence electrons. The summed E-state index contributed by atoms with van der Waals surface area (Å²) in [5, 5.41) is 3.73. The number of carbonyl (C=O) groups is 1. The van der Waals surface area contributed by atoms with E-state index in [4.69, 9.17) is 16.3 Å². The van der Waals surface area contributed by atoms with Gasteiger partial charge in [0, 0.05) is 37.0 Å². The van der Waals surface area contributed by atoms with Crippen LogP contribution in [0, 0.1) is 0 Å². The Morgan fingerprint density at radius 3 is 2.70 bits per heavy atom. The lowest BCUT2D eigenvalue weighted by Crippen LogP contribution is -2.47. The normalized spacial score (nSPS) is 17.6. The summed E-state index contributed by atoms with van der Waals surface area (Å²) in [6.07, 6.45) is 0.0488. The number of hydrogen-bond acceptors (Lipinski definition) is 4. The zero-order valence-corrected chi connectivity index (χ0v) is 16.8. The number of nitrogens with one attached hydrogen (secondary N) is 1. The number of hydrogen-bond donors (Lipinski definition) is 1. The van der Waals surface area contributed by atoms with Gasteiger partial charge >= 0.3 is 0 Å². The van der Waals surface area contributed by atoms with Crippen molar-refractivity contribution in [2.24, 2.45) is 0 Å². The van der Waals surface area contributed by atoms with Crippen molar-refractivity contribution in [1.29, 1.82) is 0 Å². The lowest BCUT2D eigenvalue weighted by Gasteiger charge is -2.33. The van der Waals surface area contributed by atoms with Gasteiger partial charge in [-0.05, 0) is 23.3 Å². The lowest BCUT2D eigenvalue weighted by molar-refractivity contribution is -0.119. The zero-order chi connectivity index (χ0) is 18.9. The van der Waals surface area contributed by atoms with Gasteiger partial charge in [0.1, 0.15) is 0 Å². The van der Waals surface area contributed by atoms with Crippen molar-refractivity contribution in [2.45, 2.75) is 18.4 Å². The van der Waals surface area contributed by atoms with E-state index in [0.717, 1.165) is 30.4 Å². The maximum absolute atomic E-state index is 12.1. The number of carbonyl (C=O) groups excluding carboxylic acids is 1. The first-order chi connectivity index (χ1) is 13.2. The second-order valence-electron chi connectivity index (χ2n) is 6.64. The number of nitrogens with zero attached hydrogens (tertiary/aromatic N) is 1. The Hall–Kier alpha value is -1.53. The Bertz CT molecular complexity index is 712. The van der Waals surface area contributed by atoms with Gasteiger partial charge in [-0.25, -0.2) is 0 Å². The van der Waals surface area contributed by atoms with E-state index in [9.17, 15) is 4.79 Å². The van der Waals surface area contributed by atoms with Crippen molar-refractivity contribution in [1.82, 2.24) is 10.2 Å². The van der Waals surface area contributed by atoms with Crippen molar-refractivity contribution in [3.8, 4) is 0 Å². The standard InChI is InChI=1S/C21H25ClN2O2S/c22-19-8-6-18(7-9-19)15-27-16-21(25)23-12-20-14-24(10-11-26-20)13-17-4-2-1-3-5-17/h1-9,20H,10-16H2,(H,23,25). The van der Waals surface area contributed by atoms with Crippen molar-refractivity contribution in [3.05, 3.63) is 70.7 Å². The second-order valence-corrected chi connectivity index (χ2v) is 8.06. The number of morpholine rings is 1. The van der Waals surface area contributed by atoms with E-state index < -0.39 is 0 Å². The molecule has 1 aliphatic heterocycles. The molecule has 3 rings (SSSR count). The zero-order valence-electron chi connectivity index (χ0n) is 15.3. The van der Waals surface area contributed by atoms with Gasteiger partial charge in [-0.15, -0.1) is 11.8 Å². The molecule has 1 fully saturated rings. The minimum absolute atomic E-state index is 0.0488. The molecule has 1 heterocycles. The van der Waals surface area contributed by atoms with E-state index >= 15 is 0 Å². The molecule has 27 heavy (non-hydrogen) atoms. The highest BCUT2D eigenvalue weighted by molar-refractivity contribution is 7.99. The molecular weight excluding hydrogens is 380 g/mol. The fraction of sp³-hybridized carbons (Fsp3) is 0.381. The van der Waals surface area contributed by atoms with Gasteiger partial charge in [-0.1, -0.05) is 54.1 Å². The van der Waals surface area contributed by atoms with Gasteiger partial charge in [0.05, 0.1) is 18.5 Å². The van der Waals surface area contributed by atoms with Gasteiger partial charge in [0.2, 0.25) is 5.91 Å². The molecule has 1 saturated heterocycles. The average molecular weight is 405 g/mol. The van der Waals surface area contributed by atoms with E-state index in [1.54, 1.807) is 11.8 Å². The average Bonchev–Trinajstić information content (AvgIpc) is 2.69. The molecule has 0 spiro atoms. The quantitative estimate of drug-likeness (QED) is 0.730. The van der Waals surface area contributed by atoms with Crippen molar-refractivity contribution >= 4 is 29.3 Å². The van der Waals surface area contributed by atoms with Crippen LogP contribution >= 0.6 is 23.4 Å². The molecule has 6 heteroatoms. The maximum atomic E-state index is 12.1. The maximum Gasteiger partial charge on any atom is 0.230 e. The van der Waals surface area contributed by atoms with Gasteiger partial charge in [-0.2, -0.15) is 0 Å². The summed E-state index contributed by atoms with van der Waals surface area (Å²) in [6, 6.07) is 18.2. The molecule has 1 unspecified atom stereocenters. The highest BCUT2D eigenvalue weighted by Gasteiger charge is 2.21. The molecule has 0 aliphatic carbocycles. The molecule has 1 N–H and O–H groups in total. The summed E-state index contributed by atoms with van der Waals surface area (Å²) in [4.78, 5) is 14.5. The number of halogens is 1. The molecule has 1 atom stereocenters. The van der Waals surface area contributed by atoms with Crippen LogP contribution in [0.2, 0.25) is 5.02 Å². The monoisotopic (exact) mass is 404 g/mol. The van der Waals surface area contributed by atoms with Gasteiger partial charge in [0.25, 0.3) is 0 Å². The Balaban J connectivity index is 1.33. The van der Waals surface area contributed by atoms with Crippen LogP contribution in [0.15, 0.2) is 54.6 Å². The molecule has 0 saturated carbocycles. The van der Waals surface area contributed by atoms with Crippen LogP contribution in [0.5, 0.6) is 0 Å². The smallest absolute Gasteiger partial charge is 0.230 e. The molecule has 4 nitrogen and oxygen atoms in total. The van der Waals surface area contributed by atoms with E-state index in [1.165, 1.54) is 11.1 Å². The molecule has 1 amide bonds.